The summed E-state index contributed by atoms with van der Waals surface area (Å²) in [5.74, 6) is -5.85. The molecule has 0 saturated heterocycles. The number of hydrogen-bond donors (Lipinski definition) is 14. The van der Waals surface area contributed by atoms with E-state index in [-0.39, 0.29) is 56.6 Å². The Bertz CT molecular complexity index is 2490. The highest BCUT2D eigenvalue weighted by atomic mass is 16.3. The fourth-order valence-corrected chi connectivity index (χ4v) is 7.37. The maximum absolute atomic E-state index is 14.5. The Morgan fingerprint density at radius 2 is 0.901 bits per heavy atom. The number of amides is 7. The highest BCUT2D eigenvalue weighted by Crippen LogP contribution is 2.15. The SMILES string of the molecule is NCCCC[C@@H](NC(=O)[C@H](Cc1ccccc1)NC(=O)[C@H](Cc1c[nH]cn1)NC(=O)[C@@H](N)Cc1ccc(O)cc1)C(=O)N[C@@H](Cc1ccc(O)cc1)C(=O)N[C@@H](Cc1c[nH]cn1)C(=O)N[C@@H](CO)C(N)=O. The zero-order chi connectivity index (χ0) is 51.3. The zero-order valence-corrected chi connectivity index (χ0v) is 38.8. The number of aliphatic hydroxyl groups excluding tert-OH is 1. The summed E-state index contributed by atoms with van der Waals surface area (Å²) < 4.78 is 0. The Labute approximate surface area is 408 Å². The second-order valence-corrected chi connectivity index (χ2v) is 16.8. The first-order chi connectivity index (χ1) is 34.1. The number of carbonyl (C=O) groups excluding carboxylic acids is 7. The smallest absolute Gasteiger partial charge is 0.243 e. The molecule has 7 atom stereocenters. The van der Waals surface area contributed by atoms with Gasteiger partial charge in [0.2, 0.25) is 41.4 Å². The van der Waals surface area contributed by atoms with Crippen LogP contribution >= 0.6 is 0 Å². The molecule has 23 nitrogen and oxygen atoms in total. The van der Waals surface area contributed by atoms with Crippen LogP contribution in [0.15, 0.2) is 104 Å². The maximum atomic E-state index is 14.5. The summed E-state index contributed by atoms with van der Waals surface area (Å²) in [6, 6.07) is 11.4. The number of carbonyl (C=O) groups is 7. The van der Waals surface area contributed by atoms with Crippen LogP contribution in [-0.4, -0.2) is 132 Å². The molecule has 0 aliphatic heterocycles. The van der Waals surface area contributed by atoms with E-state index in [1.807, 2.05) is 0 Å². The number of imidazole rings is 2. The second-order valence-electron chi connectivity index (χ2n) is 16.8. The lowest BCUT2D eigenvalue weighted by molar-refractivity contribution is -0.135. The van der Waals surface area contributed by atoms with Crippen molar-refractivity contribution in [2.45, 2.75) is 93.7 Å². The molecule has 5 aromatic rings. The normalized spacial score (nSPS) is 14.0. The largest absolute Gasteiger partial charge is 0.508 e. The molecule has 2 heterocycles. The maximum Gasteiger partial charge on any atom is 0.243 e. The van der Waals surface area contributed by atoms with Gasteiger partial charge in [0, 0.05) is 38.1 Å². The van der Waals surface area contributed by atoms with Gasteiger partial charge in [-0.25, -0.2) is 9.97 Å². The summed E-state index contributed by atoms with van der Waals surface area (Å²) in [7, 11) is 0. The van der Waals surface area contributed by atoms with E-state index >= 15 is 0 Å². The minimum absolute atomic E-state index is 0.0327. The Morgan fingerprint density at radius 1 is 0.507 bits per heavy atom. The van der Waals surface area contributed by atoms with E-state index in [4.69, 9.17) is 17.2 Å². The second kappa shape index (κ2) is 27.1. The van der Waals surface area contributed by atoms with Crippen LogP contribution in [0.2, 0.25) is 0 Å². The van der Waals surface area contributed by atoms with Crippen LogP contribution in [0.4, 0.5) is 0 Å². The van der Waals surface area contributed by atoms with Crippen molar-refractivity contribution in [3.63, 3.8) is 0 Å². The highest BCUT2D eigenvalue weighted by Gasteiger charge is 2.34. The van der Waals surface area contributed by atoms with Gasteiger partial charge < -0.3 is 74.4 Å². The van der Waals surface area contributed by atoms with Crippen molar-refractivity contribution in [1.82, 2.24) is 51.8 Å². The van der Waals surface area contributed by atoms with Crippen LogP contribution in [0.25, 0.3) is 0 Å². The third-order valence-corrected chi connectivity index (χ3v) is 11.3. The third-order valence-electron chi connectivity index (χ3n) is 11.3. The molecule has 17 N–H and O–H groups in total. The number of aromatic nitrogens is 4. The molecular weight excluding hydrogens is 919 g/mol. The van der Waals surface area contributed by atoms with E-state index < -0.39 is 90.3 Å². The monoisotopic (exact) mass is 979 g/mol. The lowest BCUT2D eigenvalue weighted by Gasteiger charge is -2.28. The molecule has 0 spiro atoms. The van der Waals surface area contributed by atoms with Gasteiger partial charge in [0.15, 0.2) is 0 Å². The van der Waals surface area contributed by atoms with E-state index in [0.29, 0.717) is 40.9 Å². The molecule has 0 aliphatic rings. The standard InChI is InChI=1S/C48H61N13O10/c49-17-5-4-8-36(44(67)58-38(20-30-11-15-34(64)16-12-30)46(69)60-40(22-32-24-53-27-55-32)48(71)61-41(25-62)42(51)65)56-45(68)37(19-28-6-2-1-3-7-28)59-47(70)39(21-31-23-52-26-54-31)57-43(66)35(50)18-29-9-13-33(63)14-10-29/h1-3,6-7,9-16,23-24,26-27,35-41,62-64H,4-5,8,17-22,25,49-50H2,(H2,51,65)(H,52,54)(H,53,55)(H,56,68)(H,57,66)(H,58,67)(H,59,70)(H,60,69)(H,61,71)/t35-,36+,37-,38-,39-,40-,41-/m0/s1. The first kappa shape index (κ1) is 53.8. The number of unbranched alkanes of at least 4 members (excludes halogenated alkanes) is 1. The molecule has 0 saturated carbocycles. The van der Waals surface area contributed by atoms with E-state index in [1.165, 1.54) is 55.2 Å². The predicted octanol–water partition coefficient (Wildman–Crippen LogP) is -2.10. The topological polar surface area (TPSA) is 388 Å². The van der Waals surface area contributed by atoms with Gasteiger partial charge in [-0.05, 0) is 73.2 Å². The number of phenolic OH excluding ortho intramolecular Hbond substituents is 2. The quantitative estimate of drug-likeness (QED) is 0.0239. The van der Waals surface area contributed by atoms with Gasteiger partial charge in [-0.3, -0.25) is 33.6 Å². The van der Waals surface area contributed by atoms with Crippen molar-refractivity contribution in [3.05, 3.63) is 132 Å². The molecule has 23 heteroatoms. The van der Waals surface area contributed by atoms with Gasteiger partial charge in [0.25, 0.3) is 0 Å². The fourth-order valence-electron chi connectivity index (χ4n) is 7.37. The molecule has 2 aromatic heterocycles. The van der Waals surface area contributed by atoms with Gasteiger partial charge >= 0.3 is 0 Å². The minimum Gasteiger partial charge on any atom is -0.508 e. The number of phenols is 2. The Kier molecular flexibility index (Phi) is 20.6. The Hall–Kier alpha value is -8.15. The Balaban J connectivity index is 1.40. The van der Waals surface area contributed by atoms with Gasteiger partial charge in [0.1, 0.15) is 47.8 Å². The number of aromatic hydroxyl groups is 2. The molecule has 0 radical (unpaired) electrons. The number of nitrogens with zero attached hydrogens (tertiary/aromatic N) is 2. The number of hydrogen-bond acceptors (Lipinski definition) is 14. The Morgan fingerprint density at radius 3 is 1.32 bits per heavy atom. The number of nitrogens with one attached hydrogen (secondary N) is 8. The van der Waals surface area contributed by atoms with Gasteiger partial charge in [0.05, 0.1) is 36.7 Å². The first-order valence-corrected chi connectivity index (χ1v) is 22.8. The molecule has 5 rings (SSSR count). The number of H-pyrrole nitrogens is 2. The van der Waals surface area contributed by atoms with E-state index in [0.717, 1.165) is 0 Å². The summed E-state index contributed by atoms with van der Waals surface area (Å²) in [4.78, 5) is 110. The number of aromatic amines is 2. The van der Waals surface area contributed by atoms with E-state index in [2.05, 4.69) is 51.8 Å². The van der Waals surface area contributed by atoms with Crippen molar-refractivity contribution in [2.75, 3.05) is 13.2 Å². The number of primary amides is 1. The molecule has 3 aromatic carbocycles. The average molecular weight is 980 g/mol. The predicted molar refractivity (Wildman–Crippen MR) is 257 cm³/mol. The van der Waals surface area contributed by atoms with Crippen LogP contribution < -0.4 is 49.1 Å². The number of rotatable bonds is 28. The van der Waals surface area contributed by atoms with E-state index in [9.17, 15) is 48.9 Å². The summed E-state index contributed by atoms with van der Waals surface area (Å²) >= 11 is 0. The molecule has 0 aliphatic carbocycles. The van der Waals surface area contributed by atoms with Crippen molar-refractivity contribution < 1.29 is 48.9 Å². The van der Waals surface area contributed by atoms with Gasteiger partial charge in [-0.1, -0.05) is 54.6 Å². The van der Waals surface area contributed by atoms with Gasteiger partial charge in [-0.2, -0.15) is 0 Å². The van der Waals surface area contributed by atoms with E-state index in [1.54, 1.807) is 48.7 Å². The molecule has 0 bridgehead atoms. The molecule has 0 fully saturated rings. The van der Waals surface area contributed by atoms with Crippen LogP contribution in [0.3, 0.4) is 0 Å². The fraction of sp³-hybridized carbons (Fsp3) is 0.354. The van der Waals surface area contributed by atoms with Crippen LogP contribution in [0, 0.1) is 0 Å². The third kappa shape index (κ3) is 17.4. The lowest BCUT2D eigenvalue weighted by Crippen LogP contribution is -2.61. The molecule has 0 unspecified atom stereocenters. The van der Waals surface area contributed by atoms with Crippen molar-refractivity contribution in [1.29, 1.82) is 0 Å². The number of benzene rings is 3. The lowest BCUT2D eigenvalue weighted by atomic mass is 10.0. The van der Waals surface area contributed by atoms with Gasteiger partial charge in [-0.15, -0.1) is 0 Å². The number of nitrogens with two attached hydrogens (primary N) is 3. The van der Waals surface area contributed by atoms with Crippen LogP contribution in [-0.2, 0) is 65.7 Å². The summed E-state index contributed by atoms with van der Waals surface area (Å²) in [5, 5.41) is 45.2. The van der Waals surface area contributed by atoms with Crippen LogP contribution in [0.5, 0.6) is 11.5 Å². The number of aliphatic hydroxyl groups is 1. The molecular formula is C48H61N13O10. The van der Waals surface area contributed by atoms with Crippen molar-refractivity contribution in [2.24, 2.45) is 17.2 Å². The van der Waals surface area contributed by atoms with Crippen LogP contribution in [0.1, 0.15) is 47.3 Å². The minimum atomic E-state index is -1.48. The molecule has 378 valence electrons. The summed E-state index contributed by atoms with van der Waals surface area (Å²) in [6.07, 6.45) is 6.17. The average Bonchev–Trinajstić information content (AvgIpc) is 4.08. The first-order valence-electron chi connectivity index (χ1n) is 22.8. The zero-order valence-electron chi connectivity index (χ0n) is 38.8. The summed E-state index contributed by atoms with van der Waals surface area (Å²) in [6.45, 7) is -0.564. The molecule has 71 heavy (non-hydrogen) atoms. The highest BCUT2D eigenvalue weighted by molar-refractivity contribution is 5.97. The van der Waals surface area contributed by atoms with Crippen molar-refractivity contribution >= 4 is 41.4 Å². The molecule has 7 amide bonds. The summed E-state index contributed by atoms with van der Waals surface area (Å²) in [5.41, 5.74) is 20.0. The van der Waals surface area contributed by atoms with Crippen molar-refractivity contribution in [3.8, 4) is 11.5 Å².